The van der Waals surface area contributed by atoms with Gasteiger partial charge < -0.3 is 10.1 Å². The van der Waals surface area contributed by atoms with E-state index in [1.165, 1.54) is 15.3 Å². The van der Waals surface area contributed by atoms with Crippen LogP contribution in [0.3, 0.4) is 0 Å². The molecule has 1 aliphatic rings. The van der Waals surface area contributed by atoms with Gasteiger partial charge in [0.1, 0.15) is 5.75 Å². The third kappa shape index (κ3) is 3.30. The van der Waals surface area contributed by atoms with Gasteiger partial charge in [-0.15, -0.1) is 11.3 Å². The van der Waals surface area contributed by atoms with Crippen LogP contribution in [0.15, 0.2) is 36.4 Å². The van der Waals surface area contributed by atoms with E-state index in [4.69, 9.17) is 4.74 Å². The van der Waals surface area contributed by atoms with Crippen molar-refractivity contribution in [2.45, 2.75) is 32.2 Å². The average molecular weight is 301 g/mol. The first-order valence-corrected chi connectivity index (χ1v) is 8.57. The second-order valence-electron chi connectivity index (χ2n) is 5.70. The van der Waals surface area contributed by atoms with Gasteiger partial charge in [-0.3, -0.25) is 0 Å². The molecule has 0 radical (unpaired) electrons. The summed E-state index contributed by atoms with van der Waals surface area (Å²) in [6, 6.07) is 13.4. The Kier molecular flexibility index (Phi) is 4.61. The predicted molar refractivity (Wildman–Crippen MR) is 89.4 cm³/mol. The van der Waals surface area contributed by atoms with Gasteiger partial charge in [0.2, 0.25) is 0 Å². The normalized spacial score (nSPS) is 18.9. The fourth-order valence-corrected chi connectivity index (χ4v) is 4.07. The van der Waals surface area contributed by atoms with E-state index in [-0.39, 0.29) is 0 Å². The first-order valence-electron chi connectivity index (χ1n) is 7.75. The van der Waals surface area contributed by atoms with E-state index in [2.05, 4.69) is 49.6 Å². The summed E-state index contributed by atoms with van der Waals surface area (Å²) in [5, 5.41) is 3.51. The second kappa shape index (κ2) is 6.63. The Balaban J connectivity index is 1.69. The van der Waals surface area contributed by atoms with Crippen LogP contribution in [-0.4, -0.2) is 19.7 Å². The van der Waals surface area contributed by atoms with Crippen molar-refractivity contribution in [1.82, 2.24) is 5.32 Å². The number of ether oxygens (including phenoxy) is 1. The van der Waals surface area contributed by atoms with Crippen molar-refractivity contribution in [1.29, 1.82) is 0 Å². The van der Waals surface area contributed by atoms with E-state index in [1.807, 2.05) is 17.4 Å². The van der Waals surface area contributed by atoms with Crippen molar-refractivity contribution >= 4 is 11.3 Å². The molecular weight excluding hydrogens is 278 g/mol. The maximum Gasteiger partial charge on any atom is 0.122 e. The number of aryl methyl sites for hydroxylation is 1. The molecule has 1 aliphatic heterocycles. The lowest BCUT2D eigenvalue weighted by atomic mass is 9.88. The number of benzene rings is 1. The SMILES string of the molecule is CCc1ccc(CC(NC)C2COc3ccccc3C2)s1. The number of para-hydroxylation sites is 1. The Labute approximate surface area is 131 Å². The molecule has 2 unspecified atom stereocenters. The molecular formula is C18H23NOS. The molecule has 3 rings (SSSR count). The highest BCUT2D eigenvalue weighted by atomic mass is 32.1. The van der Waals surface area contributed by atoms with E-state index >= 15 is 0 Å². The van der Waals surface area contributed by atoms with Gasteiger partial charge in [0.15, 0.2) is 0 Å². The molecule has 0 fully saturated rings. The summed E-state index contributed by atoms with van der Waals surface area (Å²) in [4.78, 5) is 2.95. The van der Waals surface area contributed by atoms with E-state index < -0.39 is 0 Å². The van der Waals surface area contributed by atoms with Crippen LogP contribution in [0.5, 0.6) is 5.75 Å². The average Bonchev–Trinajstić information content (AvgIpc) is 3.00. The lowest BCUT2D eigenvalue weighted by Crippen LogP contribution is -2.41. The summed E-state index contributed by atoms with van der Waals surface area (Å²) in [6.07, 6.45) is 3.33. The smallest absolute Gasteiger partial charge is 0.122 e. The van der Waals surface area contributed by atoms with Gasteiger partial charge in [0, 0.05) is 21.7 Å². The van der Waals surface area contributed by atoms with Crippen molar-refractivity contribution in [2.24, 2.45) is 5.92 Å². The van der Waals surface area contributed by atoms with E-state index in [0.717, 1.165) is 31.6 Å². The first kappa shape index (κ1) is 14.6. The Morgan fingerprint density at radius 2 is 2.05 bits per heavy atom. The van der Waals surface area contributed by atoms with Crippen LogP contribution in [0.25, 0.3) is 0 Å². The van der Waals surface area contributed by atoms with Crippen LogP contribution in [0.1, 0.15) is 22.2 Å². The minimum atomic E-state index is 0.474. The Bertz CT molecular complexity index is 592. The van der Waals surface area contributed by atoms with Crippen LogP contribution in [0.2, 0.25) is 0 Å². The monoisotopic (exact) mass is 301 g/mol. The van der Waals surface area contributed by atoms with E-state index in [9.17, 15) is 0 Å². The molecule has 0 bridgehead atoms. The molecule has 2 atom stereocenters. The van der Waals surface area contributed by atoms with Crippen LogP contribution in [0, 0.1) is 5.92 Å². The summed E-state index contributed by atoms with van der Waals surface area (Å²) in [5.41, 5.74) is 1.34. The molecule has 3 heteroatoms. The standard InChI is InChI=1S/C18H23NOS/c1-3-15-8-9-16(21-15)11-17(19-2)14-10-13-6-4-5-7-18(13)20-12-14/h4-9,14,17,19H,3,10-12H2,1-2H3. The Morgan fingerprint density at radius 1 is 1.24 bits per heavy atom. The molecule has 2 nitrogen and oxygen atoms in total. The van der Waals surface area contributed by atoms with Crippen molar-refractivity contribution in [2.75, 3.05) is 13.7 Å². The van der Waals surface area contributed by atoms with Gasteiger partial charge in [0.05, 0.1) is 6.61 Å². The van der Waals surface area contributed by atoms with Crippen LogP contribution in [0.4, 0.5) is 0 Å². The Hall–Kier alpha value is -1.32. The molecule has 2 heterocycles. The summed E-state index contributed by atoms with van der Waals surface area (Å²) in [6.45, 7) is 3.03. The van der Waals surface area contributed by atoms with Crippen molar-refractivity contribution in [3.8, 4) is 5.75 Å². The van der Waals surface area contributed by atoms with Crippen LogP contribution in [-0.2, 0) is 19.3 Å². The molecule has 0 saturated heterocycles. The topological polar surface area (TPSA) is 21.3 Å². The summed E-state index contributed by atoms with van der Waals surface area (Å²) >= 11 is 1.95. The van der Waals surface area contributed by atoms with Gasteiger partial charge in [-0.05, 0) is 50.1 Å². The molecule has 112 valence electrons. The third-order valence-corrected chi connectivity index (χ3v) is 5.59. The zero-order valence-electron chi connectivity index (χ0n) is 12.8. The fraction of sp³-hybridized carbons (Fsp3) is 0.444. The largest absolute Gasteiger partial charge is 0.493 e. The number of hydrogen-bond donors (Lipinski definition) is 1. The minimum Gasteiger partial charge on any atom is -0.493 e. The summed E-state index contributed by atoms with van der Waals surface area (Å²) in [7, 11) is 2.07. The van der Waals surface area contributed by atoms with E-state index in [1.54, 1.807) is 0 Å². The molecule has 0 spiro atoms. The van der Waals surface area contributed by atoms with Gasteiger partial charge in [-0.1, -0.05) is 25.1 Å². The van der Waals surface area contributed by atoms with Gasteiger partial charge in [-0.2, -0.15) is 0 Å². The molecule has 0 saturated carbocycles. The molecule has 0 amide bonds. The summed E-state index contributed by atoms with van der Waals surface area (Å²) < 4.78 is 5.95. The first-order chi connectivity index (χ1) is 10.3. The molecule has 0 aliphatic carbocycles. The van der Waals surface area contributed by atoms with Gasteiger partial charge >= 0.3 is 0 Å². The third-order valence-electron chi connectivity index (χ3n) is 4.33. The van der Waals surface area contributed by atoms with Crippen molar-refractivity contribution in [3.05, 3.63) is 51.7 Å². The number of fused-ring (bicyclic) bond motifs is 1. The van der Waals surface area contributed by atoms with Crippen molar-refractivity contribution in [3.63, 3.8) is 0 Å². The number of hydrogen-bond acceptors (Lipinski definition) is 3. The molecule has 1 aromatic carbocycles. The quantitative estimate of drug-likeness (QED) is 0.909. The molecule has 1 aromatic heterocycles. The zero-order valence-corrected chi connectivity index (χ0v) is 13.6. The lowest BCUT2D eigenvalue weighted by Gasteiger charge is -2.31. The fourth-order valence-electron chi connectivity index (χ4n) is 3.05. The number of nitrogens with one attached hydrogen (secondary N) is 1. The highest BCUT2D eigenvalue weighted by Crippen LogP contribution is 2.30. The summed E-state index contributed by atoms with van der Waals surface area (Å²) in [5.74, 6) is 1.60. The van der Waals surface area contributed by atoms with Crippen LogP contribution >= 0.6 is 11.3 Å². The maximum atomic E-state index is 5.95. The van der Waals surface area contributed by atoms with E-state index in [0.29, 0.717) is 12.0 Å². The molecule has 21 heavy (non-hydrogen) atoms. The number of rotatable bonds is 5. The number of thiophene rings is 1. The van der Waals surface area contributed by atoms with Gasteiger partial charge in [-0.25, -0.2) is 0 Å². The maximum absolute atomic E-state index is 5.95. The second-order valence-corrected chi connectivity index (χ2v) is 6.96. The van der Waals surface area contributed by atoms with Gasteiger partial charge in [0.25, 0.3) is 0 Å². The Morgan fingerprint density at radius 3 is 2.81 bits per heavy atom. The highest BCUT2D eigenvalue weighted by molar-refractivity contribution is 7.11. The molecule has 1 N–H and O–H groups in total. The predicted octanol–water partition coefficient (Wildman–Crippen LogP) is 3.69. The van der Waals surface area contributed by atoms with Crippen LogP contribution < -0.4 is 10.1 Å². The highest BCUT2D eigenvalue weighted by Gasteiger charge is 2.26. The molecule has 2 aromatic rings. The number of likely N-dealkylation sites (N-methyl/N-ethyl adjacent to an activating group) is 1. The lowest BCUT2D eigenvalue weighted by molar-refractivity contribution is 0.187. The minimum absolute atomic E-state index is 0.474. The zero-order chi connectivity index (χ0) is 14.7. The van der Waals surface area contributed by atoms with Crippen molar-refractivity contribution < 1.29 is 4.74 Å².